The van der Waals surface area contributed by atoms with Crippen molar-refractivity contribution in [2.24, 2.45) is 0 Å². The van der Waals surface area contributed by atoms with Crippen molar-refractivity contribution < 1.29 is 14.3 Å². The Morgan fingerprint density at radius 2 is 2.29 bits per heavy atom. The van der Waals surface area contributed by atoms with E-state index in [0.29, 0.717) is 0 Å². The van der Waals surface area contributed by atoms with Gasteiger partial charge in [-0.25, -0.2) is 14.2 Å². The molecule has 0 atom stereocenters. The Labute approximate surface area is 79.6 Å². The van der Waals surface area contributed by atoms with Crippen molar-refractivity contribution in [3.05, 3.63) is 23.3 Å². The van der Waals surface area contributed by atoms with Crippen LogP contribution in [-0.2, 0) is 0 Å². The van der Waals surface area contributed by atoms with Gasteiger partial charge in [-0.2, -0.15) is 0 Å². The fraction of sp³-hybridized carbons (Fsp3) is 0.333. The van der Waals surface area contributed by atoms with Crippen molar-refractivity contribution in [1.82, 2.24) is 4.98 Å². The van der Waals surface area contributed by atoms with Crippen molar-refractivity contribution in [3.8, 4) is 0 Å². The summed E-state index contributed by atoms with van der Waals surface area (Å²) in [5, 5.41) is 8.72. The van der Waals surface area contributed by atoms with Gasteiger partial charge in [0.1, 0.15) is 5.82 Å². The molecule has 1 aromatic rings. The molecule has 0 aromatic carbocycles. The number of anilines is 1. The van der Waals surface area contributed by atoms with Gasteiger partial charge in [-0.05, 0) is 12.8 Å². The lowest BCUT2D eigenvalue weighted by Crippen LogP contribution is -2.09. The monoisotopic (exact) mass is 196 g/mol. The van der Waals surface area contributed by atoms with Crippen LogP contribution in [0.1, 0.15) is 34.9 Å². The summed E-state index contributed by atoms with van der Waals surface area (Å²) in [6, 6.07) is 1.03. The van der Waals surface area contributed by atoms with Crippen molar-refractivity contribution in [2.75, 3.05) is 5.73 Å². The second kappa shape index (κ2) is 2.94. The standard InChI is InChI=1S/C9H9FN2O2/c10-5-3-6(11)8(9(13)14)12-7(5)4-1-2-4/h3-4H,1-2,11H2,(H,13,14). The van der Waals surface area contributed by atoms with Gasteiger partial charge in [0.15, 0.2) is 5.69 Å². The third-order valence-corrected chi connectivity index (χ3v) is 2.20. The summed E-state index contributed by atoms with van der Waals surface area (Å²) < 4.78 is 13.2. The molecule has 0 bridgehead atoms. The van der Waals surface area contributed by atoms with Crippen molar-refractivity contribution >= 4 is 11.7 Å². The van der Waals surface area contributed by atoms with Gasteiger partial charge < -0.3 is 10.8 Å². The molecule has 4 nitrogen and oxygen atoms in total. The average molecular weight is 196 g/mol. The van der Waals surface area contributed by atoms with Gasteiger partial charge in [0.2, 0.25) is 0 Å². The van der Waals surface area contributed by atoms with Crippen LogP contribution in [0.4, 0.5) is 10.1 Å². The van der Waals surface area contributed by atoms with Gasteiger partial charge in [0.25, 0.3) is 0 Å². The van der Waals surface area contributed by atoms with Crippen LogP contribution in [0.5, 0.6) is 0 Å². The van der Waals surface area contributed by atoms with E-state index >= 15 is 0 Å². The maximum absolute atomic E-state index is 13.2. The van der Waals surface area contributed by atoms with Crippen molar-refractivity contribution in [2.45, 2.75) is 18.8 Å². The van der Waals surface area contributed by atoms with E-state index in [1.54, 1.807) is 0 Å². The smallest absolute Gasteiger partial charge is 0.356 e. The number of carboxylic acid groups (broad SMARTS) is 1. The second-order valence-corrected chi connectivity index (χ2v) is 3.37. The van der Waals surface area contributed by atoms with Crippen molar-refractivity contribution in [1.29, 1.82) is 0 Å². The summed E-state index contributed by atoms with van der Waals surface area (Å²) in [6.45, 7) is 0. The lowest BCUT2D eigenvalue weighted by molar-refractivity contribution is 0.0691. The van der Waals surface area contributed by atoms with E-state index in [1.807, 2.05) is 0 Å². The topological polar surface area (TPSA) is 76.2 Å². The molecule has 2 rings (SSSR count). The fourth-order valence-corrected chi connectivity index (χ4v) is 1.33. The minimum atomic E-state index is -1.22. The third kappa shape index (κ3) is 1.41. The summed E-state index contributed by atoms with van der Waals surface area (Å²) in [5.74, 6) is -1.65. The zero-order valence-corrected chi connectivity index (χ0v) is 7.33. The molecule has 0 unspecified atom stereocenters. The maximum Gasteiger partial charge on any atom is 0.356 e. The minimum absolute atomic E-state index is 0.0775. The fourth-order valence-electron chi connectivity index (χ4n) is 1.33. The second-order valence-electron chi connectivity index (χ2n) is 3.37. The van der Waals surface area contributed by atoms with Crippen molar-refractivity contribution in [3.63, 3.8) is 0 Å². The van der Waals surface area contributed by atoms with E-state index in [0.717, 1.165) is 18.9 Å². The third-order valence-electron chi connectivity index (χ3n) is 2.20. The number of carbonyl (C=O) groups is 1. The summed E-state index contributed by atoms with van der Waals surface area (Å²) in [4.78, 5) is 14.4. The van der Waals surface area contributed by atoms with Crippen LogP contribution >= 0.6 is 0 Å². The molecule has 1 fully saturated rings. The number of rotatable bonds is 2. The number of aromatic nitrogens is 1. The predicted octanol–water partition coefficient (Wildman–Crippen LogP) is 1.38. The Bertz CT molecular complexity index is 402. The van der Waals surface area contributed by atoms with E-state index < -0.39 is 11.8 Å². The molecule has 0 spiro atoms. The first-order valence-electron chi connectivity index (χ1n) is 4.29. The molecule has 1 aliphatic rings. The van der Waals surface area contributed by atoms with Gasteiger partial charge in [0.05, 0.1) is 11.4 Å². The molecule has 3 N–H and O–H groups in total. The van der Waals surface area contributed by atoms with Crippen LogP contribution < -0.4 is 5.73 Å². The molecule has 1 heterocycles. The van der Waals surface area contributed by atoms with Crippen LogP contribution in [-0.4, -0.2) is 16.1 Å². The molecule has 0 radical (unpaired) electrons. The summed E-state index contributed by atoms with van der Waals surface area (Å²) in [6.07, 6.45) is 1.74. The summed E-state index contributed by atoms with van der Waals surface area (Å²) in [7, 11) is 0. The highest BCUT2D eigenvalue weighted by Crippen LogP contribution is 2.40. The number of nitrogen functional groups attached to an aromatic ring is 1. The maximum atomic E-state index is 13.2. The molecule has 1 aromatic heterocycles. The van der Waals surface area contributed by atoms with Gasteiger partial charge in [-0.15, -0.1) is 0 Å². The molecule has 0 aliphatic heterocycles. The van der Waals surface area contributed by atoms with E-state index in [-0.39, 0.29) is 23.0 Å². The first-order valence-corrected chi connectivity index (χ1v) is 4.29. The molecular weight excluding hydrogens is 187 g/mol. The predicted molar refractivity (Wildman–Crippen MR) is 47.5 cm³/mol. The highest BCUT2D eigenvalue weighted by atomic mass is 19.1. The van der Waals surface area contributed by atoms with Gasteiger partial charge in [-0.3, -0.25) is 0 Å². The van der Waals surface area contributed by atoms with Crippen LogP contribution in [0.25, 0.3) is 0 Å². The molecule has 1 saturated carbocycles. The average Bonchev–Trinajstić information content (AvgIpc) is 2.86. The van der Waals surface area contributed by atoms with Crippen LogP contribution in [0.2, 0.25) is 0 Å². The molecule has 5 heteroatoms. The number of pyridine rings is 1. The zero-order valence-electron chi connectivity index (χ0n) is 7.33. The highest BCUT2D eigenvalue weighted by molar-refractivity contribution is 5.91. The summed E-state index contributed by atoms with van der Waals surface area (Å²) in [5.41, 5.74) is 5.18. The quantitative estimate of drug-likeness (QED) is 0.749. The molecule has 74 valence electrons. The first-order chi connectivity index (χ1) is 6.59. The van der Waals surface area contributed by atoms with E-state index in [9.17, 15) is 9.18 Å². The largest absolute Gasteiger partial charge is 0.476 e. The van der Waals surface area contributed by atoms with E-state index in [2.05, 4.69) is 4.98 Å². The molecule has 0 saturated heterocycles. The Morgan fingerprint density at radius 3 is 2.79 bits per heavy atom. The minimum Gasteiger partial charge on any atom is -0.476 e. The van der Waals surface area contributed by atoms with Gasteiger partial charge in [-0.1, -0.05) is 0 Å². The van der Waals surface area contributed by atoms with Crippen LogP contribution in [0.15, 0.2) is 6.07 Å². The number of nitrogens with two attached hydrogens (primary N) is 1. The number of aromatic carboxylic acids is 1. The van der Waals surface area contributed by atoms with E-state index in [4.69, 9.17) is 10.8 Å². The molecule has 0 amide bonds. The number of halogens is 1. The Balaban J connectivity index is 2.51. The molecular formula is C9H9FN2O2. The SMILES string of the molecule is Nc1cc(F)c(C2CC2)nc1C(=O)O. The number of carboxylic acids is 1. The Kier molecular flexibility index (Phi) is 1.87. The number of hydrogen-bond donors (Lipinski definition) is 2. The molecule has 1 aliphatic carbocycles. The van der Waals surface area contributed by atoms with E-state index in [1.165, 1.54) is 0 Å². The Morgan fingerprint density at radius 1 is 1.64 bits per heavy atom. The van der Waals surface area contributed by atoms with Gasteiger partial charge >= 0.3 is 5.97 Å². The highest BCUT2D eigenvalue weighted by Gasteiger charge is 2.29. The lowest BCUT2D eigenvalue weighted by atomic mass is 10.2. The van der Waals surface area contributed by atoms with Gasteiger partial charge in [0, 0.05) is 12.0 Å². The Hall–Kier alpha value is -1.65. The number of nitrogens with zero attached hydrogens (tertiary/aromatic N) is 1. The first kappa shape index (κ1) is 8.93. The zero-order chi connectivity index (χ0) is 10.3. The van der Waals surface area contributed by atoms with Crippen LogP contribution in [0, 0.1) is 5.82 Å². The normalized spacial score (nSPS) is 15.5. The number of hydrogen-bond acceptors (Lipinski definition) is 3. The van der Waals surface area contributed by atoms with Crippen LogP contribution in [0.3, 0.4) is 0 Å². The lowest BCUT2D eigenvalue weighted by Gasteiger charge is -2.04. The summed E-state index contributed by atoms with van der Waals surface area (Å²) >= 11 is 0. The molecule has 14 heavy (non-hydrogen) atoms.